The van der Waals surface area contributed by atoms with Gasteiger partial charge in [-0.25, -0.2) is 0 Å². The highest BCUT2D eigenvalue weighted by atomic mass is 79.9. The Kier molecular flexibility index (Phi) is 5.96. The highest BCUT2D eigenvalue weighted by molar-refractivity contribution is 9.11. The quantitative estimate of drug-likeness (QED) is 0.796. The van der Waals surface area contributed by atoms with Crippen LogP contribution in [0.3, 0.4) is 0 Å². The van der Waals surface area contributed by atoms with Crippen molar-refractivity contribution >= 4 is 38.9 Å². The van der Waals surface area contributed by atoms with Gasteiger partial charge < -0.3 is 10.1 Å². The van der Waals surface area contributed by atoms with Crippen molar-refractivity contribution in [1.82, 2.24) is 5.32 Å². The third-order valence-corrected chi connectivity index (χ3v) is 5.85. The second-order valence-electron chi connectivity index (χ2n) is 4.59. The normalized spacial score (nSPS) is 21.4. The SMILES string of the molecule is CCNC(CCC1CCCO1)c1cc(Cl)c(Br)s1. The van der Waals surface area contributed by atoms with Crippen molar-refractivity contribution in [2.45, 2.75) is 44.8 Å². The molecule has 2 heterocycles. The molecule has 0 radical (unpaired) electrons. The second-order valence-corrected chi connectivity index (χ2v) is 7.40. The zero-order valence-corrected chi connectivity index (χ0v) is 13.7. The standard InChI is InChI=1S/C13H19BrClNOS/c1-2-16-11(6-5-9-4-3-7-17-9)12-8-10(15)13(14)18-12/h8-9,11,16H,2-7H2,1H3. The van der Waals surface area contributed by atoms with E-state index in [9.17, 15) is 0 Å². The molecule has 0 aliphatic carbocycles. The Labute approximate surface area is 126 Å². The Hall–Kier alpha value is 0.390. The number of hydrogen-bond donors (Lipinski definition) is 1. The van der Waals surface area contributed by atoms with Gasteiger partial charge in [-0.05, 0) is 54.2 Å². The predicted octanol–water partition coefficient (Wildman–Crippen LogP) is 4.77. The molecule has 0 bridgehead atoms. The molecule has 0 aromatic carbocycles. The van der Waals surface area contributed by atoms with E-state index in [4.69, 9.17) is 16.3 Å². The zero-order valence-electron chi connectivity index (χ0n) is 10.5. The molecule has 5 heteroatoms. The van der Waals surface area contributed by atoms with Crippen molar-refractivity contribution < 1.29 is 4.74 Å². The van der Waals surface area contributed by atoms with E-state index in [1.807, 2.05) is 0 Å². The van der Waals surface area contributed by atoms with Gasteiger partial charge in [0.25, 0.3) is 0 Å². The van der Waals surface area contributed by atoms with Gasteiger partial charge in [0.2, 0.25) is 0 Å². The molecule has 1 aliphatic rings. The molecule has 2 unspecified atom stereocenters. The minimum absolute atomic E-state index is 0.396. The molecule has 18 heavy (non-hydrogen) atoms. The van der Waals surface area contributed by atoms with Crippen molar-refractivity contribution in [3.63, 3.8) is 0 Å². The predicted molar refractivity (Wildman–Crippen MR) is 81.7 cm³/mol. The molecule has 0 amide bonds. The van der Waals surface area contributed by atoms with Crippen molar-refractivity contribution in [2.24, 2.45) is 0 Å². The number of rotatable bonds is 6. The maximum Gasteiger partial charge on any atom is 0.0887 e. The third-order valence-electron chi connectivity index (χ3n) is 3.26. The second kappa shape index (κ2) is 7.25. The average Bonchev–Trinajstić information content (AvgIpc) is 2.96. The first kappa shape index (κ1) is 14.8. The average molecular weight is 353 g/mol. The monoisotopic (exact) mass is 351 g/mol. The Morgan fingerprint density at radius 2 is 2.50 bits per heavy atom. The van der Waals surface area contributed by atoms with Crippen LogP contribution >= 0.6 is 38.9 Å². The van der Waals surface area contributed by atoms with Gasteiger partial charge in [0.05, 0.1) is 14.9 Å². The highest BCUT2D eigenvalue weighted by Gasteiger charge is 2.20. The van der Waals surface area contributed by atoms with E-state index in [1.54, 1.807) is 11.3 Å². The van der Waals surface area contributed by atoms with Crippen molar-refractivity contribution in [3.05, 3.63) is 19.8 Å². The molecular formula is C13H19BrClNOS. The molecule has 2 rings (SSSR count). The van der Waals surface area contributed by atoms with E-state index in [2.05, 4.69) is 34.2 Å². The largest absolute Gasteiger partial charge is 0.378 e. The maximum atomic E-state index is 6.11. The maximum absolute atomic E-state index is 6.11. The van der Waals surface area contributed by atoms with Gasteiger partial charge in [0, 0.05) is 17.5 Å². The fraction of sp³-hybridized carbons (Fsp3) is 0.692. The number of nitrogens with one attached hydrogen (secondary N) is 1. The highest BCUT2D eigenvalue weighted by Crippen LogP contribution is 2.37. The minimum atomic E-state index is 0.396. The van der Waals surface area contributed by atoms with Gasteiger partial charge >= 0.3 is 0 Å². The zero-order chi connectivity index (χ0) is 13.0. The van der Waals surface area contributed by atoms with Crippen LogP contribution in [0, 0.1) is 0 Å². The summed E-state index contributed by atoms with van der Waals surface area (Å²) in [6.45, 7) is 4.06. The lowest BCUT2D eigenvalue weighted by Gasteiger charge is -2.18. The van der Waals surface area contributed by atoms with Crippen LogP contribution in [0.4, 0.5) is 0 Å². The summed E-state index contributed by atoms with van der Waals surface area (Å²) in [6, 6.07) is 2.46. The van der Waals surface area contributed by atoms with Gasteiger partial charge in [0.1, 0.15) is 0 Å². The van der Waals surface area contributed by atoms with Crippen LogP contribution in [0.25, 0.3) is 0 Å². The lowest BCUT2D eigenvalue weighted by molar-refractivity contribution is 0.0997. The molecule has 2 atom stereocenters. The summed E-state index contributed by atoms with van der Waals surface area (Å²) in [5, 5.41) is 4.35. The molecule has 0 saturated carbocycles. The Morgan fingerprint density at radius 1 is 1.67 bits per heavy atom. The molecule has 0 spiro atoms. The molecule has 1 saturated heterocycles. The Balaban J connectivity index is 1.94. The van der Waals surface area contributed by atoms with Crippen LogP contribution in [-0.2, 0) is 4.74 Å². The number of halogens is 2. The molecule has 102 valence electrons. The first-order chi connectivity index (χ1) is 8.70. The lowest BCUT2D eigenvalue weighted by atomic mass is 10.0. The van der Waals surface area contributed by atoms with Crippen molar-refractivity contribution in [2.75, 3.05) is 13.2 Å². The van der Waals surface area contributed by atoms with Crippen molar-refractivity contribution in [1.29, 1.82) is 0 Å². The number of hydrogen-bond acceptors (Lipinski definition) is 3. The van der Waals surface area contributed by atoms with Crippen LogP contribution in [0.1, 0.15) is 43.5 Å². The lowest BCUT2D eigenvalue weighted by Crippen LogP contribution is -2.21. The fourth-order valence-electron chi connectivity index (χ4n) is 2.35. The first-order valence-corrected chi connectivity index (χ1v) is 8.49. The number of ether oxygens (including phenoxy) is 1. The van der Waals surface area contributed by atoms with Gasteiger partial charge in [0.15, 0.2) is 0 Å². The van der Waals surface area contributed by atoms with Crippen molar-refractivity contribution in [3.8, 4) is 0 Å². The van der Waals surface area contributed by atoms with Crippen LogP contribution < -0.4 is 5.32 Å². The third kappa shape index (κ3) is 3.94. The Bertz CT molecular complexity index is 360. The molecule has 1 aromatic rings. The molecule has 1 aromatic heterocycles. The van der Waals surface area contributed by atoms with Gasteiger partial charge in [-0.2, -0.15) is 0 Å². The summed E-state index contributed by atoms with van der Waals surface area (Å²) >= 11 is 11.3. The van der Waals surface area contributed by atoms with E-state index in [0.717, 1.165) is 34.8 Å². The van der Waals surface area contributed by atoms with Gasteiger partial charge in [-0.15, -0.1) is 11.3 Å². The van der Waals surface area contributed by atoms with E-state index < -0.39 is 0 Å². The summed E-state index contributed by atoms with van der Waals surface area (Å²) in [4.78, 5) is 1.31. The molecular weight excluding hydrogens is 334 g/mol. The summed E-state index contributed by atoms with van der Waals surface area (Å²) in [5.41, 5.74) is 0. The Morgan fingerprint density at radius 3 is 3.06 bits per heavy atom. The molecule has 1 fully saturated rings. The summed E-state index contributed by atoms with van der Waals surface area (Å²) in [7, 11) is 0. The smallest absolute Gasteiger partial charge is 0.0887 e. The molecule has 1 aliphatic heterocycles. The van der Waals surface area contributed by atoms with E-state index in [1.165, 1.54) is 17.7 Å². The summed E-state index contributed by atoms with van der Waals surface area (Å²) in [6.07, 6.45) is 5.14. The van der Waals surface area contributed by atoms with Crippen LogP contribution in [0.5, 0.6) is 0 Å². The molecule has 2 nitrogen and oxygen atoms in total. The minimum Gasteiger partial charge on any atom is -0.378 e. The first-order valence-electron chi connectivity index (χ1n) is 6.50. The van der Waals surface area contributed by atoms with Gasteiger partial charge in [-0.3, -0.25) is 0 Å². The van der Waals surface area contributed by atoms with Gasteiger partial charge in [-0.1, -0.05) is 18.5 Å². The fourth-order valence-corrected chi connectivity index (χ4v) is 4.21. The van der Waals surface area contributed by atoms with E-state index in [0.29, 0.717) is 12.1 Å². The molecule has 1 N–H and O–H groups in total. The van der Waals surface area contributed by atoms with Crippen LogP contribution in [0.15, 0.2) is 9.85 Å². The number of thiophene rings is 1. The van der Waals surface area contributed by atoms with Crippen LogP contribution in [-0.4, -0.2) is 19.3 Å². The van der Waals surface area contributed by atoms with Crippen LogP contribution in [0.2, 0.25) is 5.02 Å². The summed E-state index contributed by atoms with van der Waals surface area (Å²) < 4.78 is 6.71. The summed E-state index contributed by atoms with van der Waals surface area (Å²) in [5.74, 6) is 0. The van der Waals surface area contributed by atoms with E-state index in [-0.39, 0.29) is 0 Å². The topological polar surface area (TPSA) is 21.3 Å². The van der Waals surface area contributed by atoms with E-state index >= 15 is 0 Å².